The molecule has 0 saturated carbocycles. The average Bonchev–Trinajstić information content (AvgIpc) is 2.51. The maximum Gasteiger partial charge on any atom is 0.217 e. The number of sulfone groups is 1. The van der Waals surface area contributed by atoms with Gasteiger partial charge in [0.15, 0.2) is 4.91 Å². The highest BCUT2D eigenvalue weighted by atomic mass is 79.9. The minimum atomic E-state index is -4.16. The van der Waals surface area contributed by atoms with E-state index in [1.54, 1.807) is 6.07 Å². The van der Waals surface area contributed by atoms with Gasteiger partial charge in [0, 0.05) is 19.6 Å². The van der Waals surface area contributed by atoms with Gasteiger partial charge in [-0.05, 0) is 56.1 Å². The first-order chi connectivity index (χ1) is 11.0. The molecule has 0 spiro atoms. The lowest BCUT2D eigenvalue weighted by atomic mass is 10.1. The molecule has 0 aromatic heterocycles. The molecule has 0 amide bonds. The van der Waals surface area contributed by atoms with Crippen molar-refractivity contribution in [3.8, 4) is 6.07 Å². The Morgan fingerprint density at radius 1 is 1.08 bits per heavy atom. The first-order valence-electron chi connectivity index (χ1n) is 5.97. The average molecular weight is 526 g/mol. The van der Waals surface area contributed by atoms with Crippen LogP contribution in [-0.2, 0) is 9.84 Å². The molecule has 0 bridgehead atoms. The molecule has 0 aliphatic rings. The molecule has 1 rings (SSSR count). The summed E-state index contributed by atoms with van der Waals surface area (Å²) in [6.45, 7) is 7.23. The second kappa shape index (κ2) is 8.61. The highest BCUT2D eigenvalue weighted by Gasteiger charge is 2.29. The van der Waals surface area contributed by atoms with Crippen molar-refractivity contribution in [1.82, 2.24) is 0 Å². The third kappa shape index (κ3) is 4.69. The van der Waals surface area contributed by atoms with Crippen LogP contribution in [0.5, 0.6) is 0 Å². The SMILES string of the molecule is C=C(Br)C(=S)C(C(=S)C(=C)Br)=C(C#N)S(=O)(=O)c1ccc(Cl)cc1. The van der Waals surface area contributed by atoms with Gasteiger partial charge in [-0.2, -0.15) is 5.26 Å². The van der Waals surface area contributed by atoms with Gasteiger partial charge in [-0.15, -0.1) is 0 Å². The van der Waals surface area contributed by atoms with Gasteiger partial charge in [0.25, 0.3) is 0 Å². The van der Waals surface area contributed by atoms with Crippen LogP contribution in [0.2, 0.25) is 5.02 Å². The zero-order chi connectivity index (χ0) is 18.7. The monoisotopic (exact) mass is 523 g/mol. The van der Waals surface area contributed by atoms with Gasteiger partial charge >= 0.3 is 0 Å². The Bertz CT molecular complexity index is 898. The van der Waals surface area contributed by atoms with Crippen molar-refractivity contribution in [2.45, 2.75) is 4.90 Å². The summed E-state index contributed by atoms with van der Waals surface area (Å²) in [6.07, 6.45) is 0. The Balaban J connectivity index is 3.81. The van der Waals surface area contributed by atoms with Crippen LogP contribution in [0.15, 0.2) is 61.8 Å². The zero-order valence-corrected chi connectivity index (χ0v) is 18.2. The molecule has 0 saturated heterocycles. The van der Waals surface area contributed by atoms with Gasteiger partial charge < -0.3 is 0 Å². The Morgan fingerprint density at radius 2 is 1.50 bits per heavy atom. The molecular weight excluding hydrogens is 518 g/mol. The Morgan fingerprint density at radius 3 is 1.83 bits per heavy atom. The highest BCUT2D eigenvalue weighted by molar-refractivity contribution is 9.12. The number of nitrogens with zero attached hydrogens (tertiary/aromatic N) is 1. The predicted octanol–water partition coefficient (Wildman–Crippen LogP) is 5.45. The van der Waals surface area contributed by atoms with E-state index >= 15 is 0 Å². The number of hydrogen-bond acceptors (Lipinski definition) is 5. The quantitative estimate of drug-likeness (QED) is 0.281. The van der Waals surface area contributed by atoms with Gasteiger partial charge in [-0.3, -0.25) is 0 Å². The fourth-order valence-corrected chi connectivity index (χ4v) is 4.01. The summed E-state index contributed by atoms with van der Waals surface area (Å²) in [5, 5.41) is 9.85. The molecule has 9 heteroatoms. The summed E-state index contributed by atoms with van der Waals surface area (Å²) in [7, 11) is -4.16. The van der Waals surface area contributed by atoms with Gasteiger partial charge in [0.2, 0.25) is 9.84 Å². The van der Waals surface area contributed by atoms with Gasteiger partial charge in [0.05, 0.1) is 14.6 Å². The minimum absolute atomic E-state index is 0.00897. The largest absolute Gasteiger partial charge is 0.218 e. The molecule has 3 nitrogen and oxygen atoms in total. The topological polar surface area (TPSA) is 57.9 Å². The van der Waals surface area contributed by atoms with Crippen LogP contribution < -0.4 is 0 Å². The highest BCUT2D eigenvalue weighted by Crippen LogP contribution is 2.29. The van der Waals surface area contributed by atoms with Crippen LogP contribution in [0.1, 0.15) is 0 Å². The van der Waals surface area contributed by atoms with E-state index in [9.17, 15) is 13.7 Å². The zero-order valence-electron chi connectivity index (χ0n) is 11.8. The van der Waals surface area contributed by atoms with Crippen molar-refractivity contribution in [2.75, 3.05) is 0 Å². The molecule has 1 aromatic carbocycles. The lowest BCUT2D eigenvalue weighted by Crippen LogP contribution is -2.17. The summed E-state index contributed by atoms with van der Waals surface area (Å²) in [5.74, 6) is 0. The van der Waals surface area contributed by atoms with Crippen LogP contribution in [0.3, 0.4) is 0 Å². The fourth-order valence-electron chi connectivity index (χ4n) is 1.56. The van der Waals surface area contributed by atoms with E-state index in [0.717, 1.165) is 0 Å². The van der Waals surface area contributed by atoms with E-state index in [1.165, 1.54) is 24.3 Å². The molecule has 0 radical (unpaired) electrons. The third-order valence-electron chi connectivity index (χ3n) is 2.67. The lowest BCUT2D eigenvalue weighted by molar-refractivity contribution is 0.603. The second-order valence-corrected chi connectivity index (χ2v) is 9.30. The number of thiocarbonyl (C=S) groups is 2. The maximum absolute atomic E-state index is 12.8. The molecule has 0 fully saturated rings. The Hall–Kier alpha value is -0.690. The lowest BCUT2D eigenvalue weighted by Gasteiger charge is -2.13. The van der Waals surface area contributed by atoms with Crippen molar-refractivity contribution >= 4 is 87.5 Å². The third-order valence-corrected chi connectivity index (χ3v) is 6.86. The maximum atomic E-state index is 12.8. The van der Waals surface area contributed by atoms with E-state index in [4.69, 9.17) is 36.0 Å². The summed E-state index contributed by atoms with van der Waals surface area (Å²) in [5.41, 5.74) is -0.110. The Kier molecular flexibility index (Phi) is 7.66. The fraction of sp³-hybridized carbons (Fsp3) is 0. The molecule has 0 unspecified atom stereocenters. The number of halogens is 3. The summed E-state index contributed by atoms with van der Waals surface area (Å²) in [4.78, 5) is -0.669. The number of hydrogen-bond donors (Lipinski definition) is 0. The van der Waals surface area contributed by atoms with Crippen LogP contribution in [0.4, 0.5) is 0 Å². The van der Waals surface area contributed by atoms with E-state index < -0.39 is 14.7 Å². The number of rotatable bonds is 6. The normalized spacial score (nSPS) is 10.4. The molecular formula is C15H8Br2ClNO2S3. The number of nitriles is 1. The minimum Gasteiger partial charge on any atom is -0.218 e. The predicted molar refractivity (Wildman–Crippen MR) is 113 cm³/mol. The van der Waals surface area contributed by atoms with Crippen LogP contribution in [0, 0.1) is 11.3 Å². The van der Waals surface area contributed by atoms with Crippen molar-refractivity contribution in [1.29, 1.82) is 5.26 Å². The number of benzene rings is 1. The molecule has 24 heavy (non-hydrogen) atoms. The van der Waals surface area contributed by atoms with Crippen molar-refractivity contribution in [2.24, 2.45) is 0 Å². The standard InChI is InChI=1S/C15H8Br2ClNO2S3/c1-8(16)14(22)13(15(23)9(2)17)12(7-19)24(20,21)11-5-3-10(18)4-6-11/h3-6H,1-2H2. The smallest absolute Gasteiger partial charge is 0.217 e. The summed E-state index contributed by atoms with van der Waals surface area (Å²) >= 11 is 22.3. The van der Waals surface area contributed by atoms with E-state index in [1.807, 2.05) is 0 Å². The first-order valence-corrected chi connectivity index (χ1v) is 10.2. The van der Waals surface area contributed by atoms with E-state index in [2.05, 4.69) is 45.0 Å². The van der Waals surface area contributed by atoms with Crippen molar-refractivity contribution in [3.63, 3.8) is 0 Å². The van der Waals surface area contributed by atoms with Gasteiger partial charge in [0.1, 0.15) is 6.07 Å². The molecule has 1 aromatic rings. The number of allylic oxidation sites excluding steroid dienone is 4. The molecule has 0 atom stereocenters. The second-order valence-electron chi connectivity index (χ2n) is 4.24. The Labute approximate surface area is 172 Å². The van der Waals surface area contributed by atoms with Crippen molar-refractivity contribution < 1.29 is 8.42 Å². The molecule has 0 aliphatic heterocycles. The van der Waals surface area contributed by atoms with E-state index in [0.29, 0.717) is 5.02 Å². The molecule has 0 aliphatic carbocycles. The van der Waals surface area contributed by atoms with E-state index in [-0.39, 0.29) is 29.2 Å². The van der Waals surface area contributed by atoms with Crippen molar-refractivity contribution in [3.05, 3.63) is 61.9 Å². The summed E-state index contributed by atoms with van der Waals surface area (Å²) < 4.78 is 26.1. The van der Waals surface area contributed by atoms with Gasteiger partial charge in [-0.25, -0.2) is 8.42 Å². The first kappa shape index (κ1) is 21.4. The van der Waals surface area contributed by atoms with Crippen LogP contribution in [-0.4, -0.2) is 18.1 Å². The van der Waals surface area contributed by atoms with Gasteiger partial charge in [-0.1, -0.05) is 49.2 Å². The molecule has 124 valence electrons. The van der Waals surface area contributed by atoms with Crippen LogP contribution >= 0.6 is 67.9 Å². The molecule has 0 heterocycles. The van der Waals surface area contributed by atoms with Crippen LogP contribution in [0.25, 0.3) is 0 Å². The summed E-state index contributed by atoms with van der Waals surface area (Å²) in [6, 6.07) is 7.10. The molecule has 0 N–H and O–H groups in total.